The molecule has 12 nitrogen and oxygen atoms in total. The van der Waals surface area contributed by atoms with Crippen LogP contribution in [0.15, 0.2) is 43.0 Å². The molecule has 0 aliphatic carbocycles. The van der Waals surface area contributed by atoms with E-state index in [-0.39, 0.29) is 19.5 Å². The summed E-state index contributed by atoms with van der Waals surface area (Å²) in [5.74, 6) is -3.44. The number of rotatable bonds is 13. The van der Waals surface area contributed by atoms with Gasteiger partial charge in [-0.15, -0.1) is 6.58 Å². The minimum Gasteiger partial charge on any atom is -0.444 e. The molecule has 5 amide bonds. The molecule has 4 N–H and O–H groups in total. The molecule has 0 aromatic heterocycles. The second-order valence-electron chi connectivity index (χ2n) is 12.9. The van der Waals surface area contributed by atoms with Gasteiger partial charge in [0, 0.05) is 13.1 Å². The molecule has 242 valence electrons. The van der Waals surface area contributed by atoms with Gasteiger partial charge in [0.05, 0.1) is 12.6 Å². The van der Waals surface area contributed by atoms with Crippen molar-refractivity contribution < 1.29 is 33.5 Å². The third kappa shape index (κ3) is 11.5. The third-order valence-electron chi connectivity index (χ3n) is 6.87. The first-order valence-electron chi connectivity index (χ1n) is 14.9. The Morgan fingerprint density at radius 1 is 1.00 bits per heavy atom. The van der Waals surface area contributed by atoms with Crippen molar-refractivity contribution in [3.63, 3.8) is 0 Å². The zero-order valence-corrected chi connectivity index (χ0v) is 26.7. The van der Waals surface area contributed by atoms with Gasteiger partial charge in [0.2, 0.25) is 23.5 Å². The Morgan fingerprint density at radius 2 is 1.66 bits per heavy atom. The van der Waals surface area contributed by atoms with E-state index in [0.29, 0.717) is 19.3 Å². The van der Waals surface area contributed by atoms with Crippen LogP contribution in [-0.2, 0) is 35.3 Å². The number of carbonyl (C=O) groups excluding carboxylic acids is 6. The fraction of sp³-hybridized carbons (Fsp3) is 0.562. The molecule has 1 aromatic rings. The summed E-state index contributed by atoms with van der Waals surface area (Å²) in [4.78, 5) is 79.0. The summed E-state index contributed by atoms with van der Waals surface area (Å²) in [6.07, 6.45) is 2.13. The van der Waals surface area contributed by atoms with Crippen molar-refractivity contribution >= 4 is 35.5 Å². The highest BCUT2D eigenvalue weighted by Crippen LogP contribution is 2.26. The number of ether oxygens (including phenoxy) is 1. The SMILES string of the molecule is C=CCCC(NC(=O)[C@@H]1CCCN1C(=O)C(NC(=O)OC(C)(C)C)C(C)(C)C)C(=O)C(=O)NCC(=O)NCc1ccccc1. The molecule has 1 aliphatic rings. The van der Waals surface area contributed by atoms with Gasteiger partial charge in [-0.2, -0.15) is 0 Å². The third-order valence-corrected chi connectivity index (χ3v) is 6.87. The van der Waals surface area contributed by atoms with Crippen molar-refractivity contribution in [1.29, 1.82) is 0 Å². The van der Waals surface area contributed by atoms with Gasteiger partial charge in [0.15, 0.2) is 0 Å². The number of benzene rings is 1. The lowest BCUT2D eigenvalue weighted by Crippen LogP contribution is -2.59. The van der Waals surface area contributed by atoms with E-state index in [0.717, 1.165) is 5.56 Å². The quantitative estimate of drug-likeness (QED) is 0.196. The smallest absolute Gasteiger partial charge is 0.408 e. The van der Waals surface area contributed by atoms with Crippen molar-refractivity contribution in [2.75, 3.05) is 13.1 Å². The van der Waals surface area contributed by atoms with Crippen LogP contribution < -0.4 is 21.3 Å². The van der Waals surface area contributed by atoms with Crippen molar-refractivity contribution in [2.45, 2.75) is 97.5 Å². The molecule has 0 bridgehead atoms. The standard InChI is InChI=1S/C32H47N5O7/c1-8-9-16-22(25(39)28(41)34-20-24(38)33-19-21-14-11-10-12-15-21)35-27(40)23-17-13-18-37(23)29(42)26(31(2,3)4)36-30(43)44-32(5,6)7/h8,10-12,14-15,22-23,26H,1,9,13,16-20H2,2-7H3,(H,33,38)(H,34,41)(H,35,40)(H,36,43)/t22?,23-,26?/m0/s1. The summed E-state index contributed by atoms with van der Waals surface area (Å²) in [6, 6.07) is 6.14. The highest BCUT2D eigenvalue weighted by molar-refractivity contribution is 6.38. The molecule has 2 rings (SSSR count). The topological polar surface area (TPSA) is 163 Å². The Kier molecular flexibility index (Phi) is 13.1. The van der Waals surface area contributed by atoms with Crippen LogP contribution in [0.5, 0.6) is 0 Å². The van der Waals surface area contributed by atoms with Crippen LogP contribution >= 0.6 is 0 Å². The van der Waals surface area contributed by atoms with Gasteiger partial charge in [-0.3, -0.25) is 24.0 Å². The van der Waals surface area contributed by atoms with Crippen LogP contribution in [0.3, 0.4) is 0 Å². The fourth-order valence-corrected chi connectivity index (χ4v) is 4.63. The average Bonchev–Trinajstić information content (AvgIpc) is 3.44. The largest absolute Gasteiger partial charge is 0.444 e. The fourth-order valence-electron chi connectivity index (χ4n) is 4.63. The van der Waals surface area contributed by atoms with Crippen LogP contribution in [0.2, 0.25) is 0 Å². The highest BCUT2D eigenvalue weighted by atomic mass is 16.6. The number of nitrogens with zero attached hydrogens (tertiary/aromatic N) is 1. The van der Waals surface area contributed by atoms with Crippen molar-refractivity contribution in [3.05, 3.63) is 48.6 Å². The number of allylic oxidation sites excluding steroid dienone is 1. The van der Waals surface area contributed by atoms with Crippen molar-refractivity contribution in [1.82, 2.24) is 26.2 Å². The summed E-state index contributed by atoms with van der Waals surface area (Å²) in [5, 5.41) is 10.3. The number of amides is 5. The molecule has 44 heavy (non-hydrogen) atoms. The van der Waals surface area contributed by atoms with Crippen LogP contribution in [0.4, 0.5) is 4.79 Å². The Morgan fingerprint density at radius 3 is 2.25 bits per heavy atom. The van der Waals surface area contributed by atoms with E-state index < -0.39 is 71.2 Å². The molecule has 2 unspecified atom stereocenters. The molecular weight excluding hydrogens is 566 g/mol. The molecule has 12 heteroatoms. The minimum absolute atomic E-state index is 0.104. The van der Waals surface area contributed by atoms with Gasteiger partial charge in [-0.1, -0.05) is 57.2 Å². The second-order valence-corrected chi connectivity index (χ2v) is 12.9. The maximum atomic E-state index is 13.7. The van der Waals surface area contributed by atoms with Gasteiger partial charge < -0.3 is 30.9 Å². The van der Waals surface area contributed by atoms with Gasteiger partial charge in [0.1, 0.15) is 17.7 Å². The first-order chi connectivity index (χ1) is 20.5. The number of hydrogen-bond donors (Lipinski definition) is 4. The van der Waals surface area contributed by atoms with Gasteiger partial charge in [-0.25, -0.2) is 4.79 Å². The van der Waals surface area contributed by atoms with E-state index in [1.165, 1.54) is 4.90 Å². The Balaban J connectivity index is 2.06. The van der Waals surface area contributed by atoms with Gasteiger partial charge in [-0.05, 0) is 57.4 Å². The molecule has 1 heterocycles. The number of hydrogen-bond acceptors (Lipinski definition) is 7. The summed E-state index contributed by atoms with van der Waals surface area (Å²) >= 11 is 0. The number of likely N-dealkylation sites (tertiary alicyclic amines) is 1. The van der Waals surface area contributed by atoms with E-state index in [2.05, 4.69) is 27.8 Å². The molecule has 1 fully saturated rings. The second kappa shape index (κ2) is 16.0. The Labute approximate surface area is 259 Å². The normalized spacial score (nSPS) is 16.2. The molecule has 0 radical (unpaired) electrons. The summed E-state index contributed by atoms with van der Waals surface area (Å²) in [5.41, 5.74) is -0.591. The average molecular weight is 614 g/mol. The number of nitrogens with one attached hydrogen (secondary N) is 4. The number of carbonyl (C=O) groups is 6. The number of alkyl carbamates (subject to hydrolysis) is 1. The molecule has 0 spiro atoms. The van der Waals surface area contributed by atoms with Crippen LogP contribution in [0.1, 0.15) is 72.8 Å². The van der Waals surface area contributed by atoms with Crippen molar-refractivity contribution in [2.24, 2.45) is 5.41 Å². The van der Waals surface area contributed by atoms with E-state index in [4.69, 9.17) is 4.74 Å². The monoisotopic (exact) mass is 613 g/mol. The maximum absolute atomic E-state index is 13.7. The summed E-state index contributed by atoms with van der Waals surface area (Å²) in [6.45, 7) is 14.3. The van der Waals surface area contributed by atoms with Gasteiger partial charge >= 0.3 is 6.09 Å². The predicted molar refractivity (Wildman–Crippen MR) is 165 cm³/mol. The maximum Gasteiger partial charge on any atom is 0.408 e. The summed E-state index contributed by atoms with van der Waals surface area (Å²) in [7, 11) is 0. The zero-order chi connectivity index (χ0) is 33.1. The molecule has 1 saturated heterocycles. The van der Waals surface area contributed by atoms with E-state index in [9.17, 15) is 28.8 Å². The number of Topliss-reactive ketones (excluding diaryl/α,β-unsaturated/α-hetero) is 1. The Hall–Kier alpha value is -4.22. The van der Waals surface area contributed by atoms with Crippen LogP contribution in [-0.4, -0.2) is 77.2 Å². The minimum atomic E-state index is -1.19. The summed E-state index contributed by atoms with van der Waals surface area (Å²) < 4.78 is 5.35. The molecule has 1 aliphatic heterocycles. The highest BCUT2D eigenvalue weighted by Gasteiger charge is 2.43. The zero-order valence-electron chi connectivity index (χ0n) is 26.7. The first-order valence-corrected chi connectivity index (χ1v) is 14.9. The molecule has 1 aromatic carbocycles. The van der Waals surface area contributed by atoms with Gasteiger partial charge in [0.25, 0.3) is 5.91 Å². The van der Waals surface area contributed by atoms with E-state index in [1.807, 2.05) is 30.3 Å². The molecule has 0 saturated carbocycles. The Bertz CT molecular complexity index is 1200. The van der Waals surface area contributed by atoms with Crippen LogP contribution in [0, 0.1) is 5.41 Å². The predicted octanol–water partition coefficient (Wildman–Crippen LogP) is 2.37. The van der Waals surface area contributed by atoms with E-state index >= 15 is 0 Å². The van der Waals surface area contributed by atoms with Crippen molar-refractivity contribution in [3.8, 4) is 0 Å². The lowest BCUT2D eigenvalue weighted by Gasteiger charge is -2.36. The first kappa shape index (κ1) is 36.0. The lowest BCUT2D eigenvalue weighted by atomic mass is 9.85. The molecule has 3 atom stereocenters. The van der Waals surface area contributed by atoms with Crippen LogP contribution in [0.25, 0.3) is 0 Å². The van der Waals surface area contributed by atoms with E-state index in [1.54, 1.807) is 47.6 Å². The lowest BCUT2D eigenvalue weighted by molar-refractivity contribution is -0.144. The molecular formula is C32H47N5O7. The number of ketones is 1.